The van der Waals surface area contributed by atoms with E-state index in [0.29, 0.717) is 12.1 Å². The predicted molar refractivity (Wildman–Crippen MR) is 65.3 cm³/mol. The van der Waals surface area contributed by atoms with E-state index in [4.69, 9.17) is 4.42 Å². The lowest BCUT2D eigenvalue weighted by Crippen LogP contribution is -2.22. The van der Waals surface area contributed by atoms with E-state index in [1.807, 2.05) is 19.9 Å². The summed E-state index contributed by atoms with van der Waals surface area (Å²) in [5, 5.41) is 3.20. The van der Waals surface area contributed by atoms with E-state index in [1.54, 1.807) is 6.26 Å². The predicted octanol–water partition coefficient (Wildman–Crippen LogP) is 3.57. The minimum Gasteiger partial charge on any atom is -0.469 e. The molecule has 0 aliphatic heterocycles. The number of furan rings is 1. The summed E-state index contributed by atoms with van der Waals surface area (Å²) in [6.07, 6.45) is 1.57. The molecule has 0 amide bonds. The molecular weight excluding hydrogens is 236 g/mol. The van der Waals surface area contributed by atoms with E-state index in [2.05, 4.69) is 5.32 Å². The first-order valence-corrected chi connectivity index (χ1v) is 5.85. The molecule has 2 rings (SSSR count). The first-order valence-electron chi connectivity index (χ1n) is 5.85. The van der Waals surface area contributed by atoms with Crippen LogP contribution in [0.4, 0.5) is 8.78 Å². The molecule has 0 bridgehead atoms. The maximum atomic E-state index is 13.3. The van der Waals surface area contributed by atoms with Crippen molar-refractivity contribution in [2.75, 3.05) is 6.54 Å². The van der Waals surface area contributed by atoms with E-state index in [1.165, 1.54) is 12.1 Å². The molecule has 0 saturated heterocycles. The minimum atomic E-state index is -0.575. The zero-order valence-corrected chi connectivity index (χ0v) is 10.3. The van der Waals surface area contributed by atoms with Crippen LogP contribution < -0.4 is 5.32 Å². The van der Waals surface area contributed by atoms with E-state index >= 15 is 0 Å². The number of rotatable bonds is 4. The lowest BCUT2D eigenvalue weighted by atomic mass is 9.99. The second-order valence-corrected chi connectivity index (χ2v) is 4.13. The molecule has 1 heterocycles. The molecule has 2 aromatic rings. The summed E-state index contributed by atoms with van der Waals surface area (Å²) in [6.45, 7) is 4.46. The Kier molecular flexibility index (Phi) is 3.77. The summed E-state index contributed by atoms with van der Waals surface area (Å²) >= 11 is 0. The average molecular weight is 251 g/mol. The molecule has 4 heteroatoms. The van der Waals surface area contributed by atoms with Crippen LogP contribution in [-0.4, -0.2) is 6.54 Å². The summed E-state index contributed by atoms with van der Waals surface area (Å²) in [4.78, 5) is 0. The highest BCUT2D eigenvalue weighted by Crippen LogP contribution is 2.26. The van der Waals surface area contributed by atoms with Crippen LogP contribution in [0.1, 0.15) is 29.9 Å². The van der Waals surface area contributed by atoms with E-state index in [9.17, 15) is 8.78 Å². The third kappa shape index (κ3) is 2.59. The van der Waals surface area contributed by atoms with Crippen molar-refractivity contribution in [3.05, 3.63) is 59.1 Å². The highest BCUT2D eigenvalue weighted by Gasteiger charge is 2.18. The van der Waals surface area contributed by atoms with Gasteiger partial charge in [-0.1, -0.05) is 6.92 Å². The van der Waals surface area contributed by atoms with Gasteiger partial charge in [0.15, 0.2) is 0 Å². The zero-order valence-electron chi connectivity index (χ0n) is 10.3. The molecule has 0 radical (unpaired) electrons. The second kappa shape index (κ2) is 5.31. The van der Waals surface area contributed by atoms with Crippen LogP contribution in [0.5, 0.6) is 0 Å². The van der Waals surface area contributed by atoms with Gasteiger partial charge in [-0.05, 0) is 37.2 Å². The molecule has 0 fully saturated rings. The topological polar surface area (TPSA) is 25.2 Å². The first kappa shape index (κ1) is 12.8. The van der Waals surface area contributed by atoms with Gasteiger partial charge in [0.25, 0.3) is 0 Å². The molecular formula is C14H15F2NO. The molecule has 0 spiro atoms. The Bertz CT molecular complexity index is 516. The minimum absolute atomic E-state index is 0.265. The van der Waals surface area contributed by atoms with Crippen molar-refractivity contribution in [3.63, 3.8) is 0 Å². The van der Waals surface area contributed by atoms with Crippen LogP contribution in [0, 0.1) is 18.6 Å². The fraction of sp³-hybridized carbons (Fsp3) is 0.286. The van der Waals surface area contributed by atoms with Gasteiger partial charge in [0, 0.05) is 11.6 Å². The van der Waals surface area contributed by atoms with Crippen molar-refractivity contribution in [1.82, 2.24) is 5.32 Å². The van der Waals surface area contributed by atoms with Crippen LogP contribution in [0.2, 0.25) is 0 Å². The van der Waals surface area contributed by atoms with E-state index in [0.717, 1.165) is 17.4 Å². The SMILES string of the molecule is CCNC(c1cc(F)cc(F)c1)c1ccoc1C. The molecule has 1 aromatic heterocycles. The van der Waals surface area contributed by atoms with Crippen LogP contribution in [0.15, 0.2) is 34.9 Å². The standard InChI is InChI=1S/C14H15F2NO/c1-3-17-14(13-4-5-18-9(13)2)10-6-11(15)8-12(16)7-10/h4-8,14,17H,3H2,1-2H3. The summed E-state index contributed by atoms with van der Waals surface area (Å²) in [7, 11) is 0. The van der Waals surface area contributed by atoms with E-state index < -0.39 is 11.6 Å². The Morgan fingerprint density at radius 3 is 2.39 bits per heavy atom. The summed E-state index contributed by atoms with van der Waals surface area (Å²) < 4.78 is 31.8. The second-order valence-electron chi connectivity index (χ2n) is 4.13. The molecule has 1 unspecified atom stereocenters. The van der Waals surface area contributed by atoms with Crippen molar-refractivity contribution in [2.24, 2.45) is 0 Å². The highest BCUT2D eigenvalue weighted by molar-refractivity contribution is 5.33. The smallest absolute Gasteiger partial charge is 0.126 e. The molecule has 1 aromatic carbocycles. The Hall–Kier alpha value is -1.68. The van der Waals surface area contributed by atoms with Crippen LogP contribution in [-0.2, 0) is 0 Å². The number of hydrogen-bond acceptors (Lipinski definition) is 2. The number of nitrogens with one attached hydrogen (secondary N) is 1. The Morgan fingerprint density at radius 1 is 1.22 bits per heavy atom. The molecule has 1 atom stereocenters. The van der Waals surface area contributed by atoms with Gasteiger partial charge in [-0.25, -0.2) is 8.78 Å². The maximum Gasteiger partial charge on any atom is 0.126 e. The molecule has 0 aliphatic rings. The van der Waals surface area contributed by atoms with E-state index in [-0.39, 0.29) is 6.04 Å². The van der Waals surface area contributed by atoms with Gasteiger partial charge < -0.3 is 9.73 Å². The average Bonchev–Trinajstić information content (AvgIpc) is 2.71. The summed E-state index contributed by atoms with van der Waals surface area (Å²) in [5.41, 5.74) is 1.45. The third-order valence-corrected chi connectivity index (χ3v) is 2.84. The quantitative estimate of drug-likeness (QED) is 0.898. The normalized spacial score (nSPS) is 12.7. The number of hydrogen-bond donors (Lipinski definition) is 1. The Labute approximate surface area is 105 Å². The fourth-order valence-corrected chi connectivity index (χ4v) is 2.05. The van der Waals surface area contributed by atoms with Gasteiger partial charge in [-0.3, -0.25) is 0 Å². The number of halogens is 2. The van der Waals surface area contributed by atoms with Gasteiger partial charge in [-0.2, -0.15) is 0 Å². The zero-order chi connectivity index (χ0) is 13.1. The van der Waals surface area contributed by atoms with Crippen molar-refractivity contribution >= 4 is 0 Å². The molecule has 18 heavy (non-hydrogen) atoms. The lowest BCUT2D eigenvalue weighted by molar-refractivity contribution is 0.517. The van der Waals surface area contributed by atoms with Gasteiger partial charge in [0.2, 0.25) is 0 Å². The van der Waals surface area contributed by atoms with Gasteiger partial charge in [-0.15, -0.1) is 0 Å². The maximum absolute atomic E-state index is 13.3. The van der Waals surface area contributed by atoms with Crippen LogP contribution in [0.25, 0.3) is 0 Å². The van der Waals surface area contributed by atoms with Crippen molar-refractivity contribution in [3.8, 4) is 0 Å². The highest BCUT2D eigenvalue weighted by atomic mass is 19.1. The Morgan fingerprint density at radius 2 is 1.89 bits per heavy atom. The van der Waals surface area contributed by atoms with Crippen molar-refractivity contribution in [1.29, 1.82) is 0 Å². The Balaban J connectivity index is 2.44. The summed E-state index contributed by atoms with van der Waals surface area (Å²) in [5.74, 6) is -0.409. The first-order chi connectivity index (χ1) is 8.61. The molecule has 2 nitrogen and oxygen atoms in total. The van der Waals surface area contributed by atoms with Crippen molar-refractivity contribution < 1.29 is 13.2 Å². The molecule has 1 N–H and O–H groups in total. The van der Waals surface area contributed by atoms with Gasteiger partial charge >= 0.3 is 0 Å². The lowest BCUT2D eigenvalue weighted by Gasteiger charge is -2.18. The number of benzene rings is 1. The van der Waals surface area contributed by atoms with Crippen LogP contribution >= 0.6 is 0 Å². The van der Waals surface area contributed by atoms with Gasteiger partial charge in [0.1, 0.15) is 17.4 Å². The molecule has 0 aliphatic carbocycles. The van der Waals surface area contributed by atoms with Crippen LogP contribution in [0.3, 0.4) is 0 Å². The number of aryl methyl sites for hydroxylation is 1. The largest absolute Gasteiger partial charge is 0.469 e. The summed E-state index contributed by atoms with van der Waals surface area (Å²) in [6, 6.07) is 5.09. The molecule has 0 saturated carbocycles. The monoisotopic (exact) mass is 251 g/mol. The fourth-order valence-electron chi connectivity index (χ4n) is 2.05. The van der Waals surface area contributed by atoms with Gasteiger partial charge in [0.05, 0.1) is 12.3 Å². The molecule has 96 valence electrons. The van der Waals surface area contributed by atoms with Crippen molar-refractivity contribution in [2.45, 2.75) is 19.9 Å². The third-order valence-electron chi connectivity index (χ3n) is 2.84.